The highest BCUT2D eigenvalue weighted by Crippen LogP contribution is 2.17. The Morgan fingerprint density at radius 2 is 2.14 bits per heavy atom. The third-order valence-electron chi connectivity index (χ3n) is 2.05. The van der Waals surface area contributed by atoms with Gasteiger partial charge in [-0.25, -0.2) is 4.98 Å². The first-order chi connectivity index (χ1) is 6.32. The lowest BCUT2D eigenvalue weighted by Gasteiger charge is -2.31. The summed E-state index contributed by atoms with van der Waals surface area (Å²) in [6.45, 7) is 5.92. The van der Waals surface area contributed by atoms with E-state index in [-0.39, 0.29) is 11.4 Å². The fraction of sp³-hybridized carbons (Fsp3) is 0.556. The minimum Gasteiger partial charge on any atom is -0.375 e. The molecule has 0 fully saturated rings. The number of nitrogen functional groups attached to an aromatic ring is 1. The van der Waals surface area contributed by atoms with E-state index in [4.69, 9.17) is 5.73 Å². The number of nitrogens with zero attached hydrogens (tertiary/aromatic N) is 2. The fourth-order valence-corrected chi connectivity index (χ4v) is 1.40. The normalized spacial score (nSPS) is 11.4. The van der Waals surface area contributed by atoms with Gasteiger partial charge in [-0.15, -0.1) is 11.3 Å². The number of amides is 1. The van der Waals surface area contributed by atoms with Crippen LogP contribution in [0, 0.1) is 0 Å². The van der Waals surface area contributed by atoms with Crippen molar-refractivity contribution >= 4 is 22.4 Å². The molecule has 0 aliphatic heterocycles. The molecule has 0 aromatic carbocycles. The predicted molar refractivity (Wildman–Crippen MR) is 58.4 cm³/mol. The summed E-state index contributed by atoms with van der Waals surface area (Å²) >= 11 is 1.28. The van der Waals surface area contributed by atoms with Crippen LogP contribution in [0.15, 0.2) is 5.38 Å². The second-order valence-corrected chi connectivity index (χ2v) is 5.00. The predicted octanol–water partition coefficient (Wildman–Crippen LogP) is 1.60. The summed E-state index contributed by atoms with van der Waals surface area (Å²) in [5, 5.41) is 2.11. The van der Waals surface area contributed by atoms with Crippen LogP contribution in [0.3, 0.4) is 0 Å². The van der Waals surface area contributed by atoms with Gasteiger partial charge in [-0.05, 0) is 20.8 Å². The SMILES string of the molecule is CN(C(=O)c1csc(N)n1)C(C)(C)C. The zero-order valence-corrected chi connectivity index (χ0v) is 9.68. The largest absolute Gasteiger partial charge is 0.375 e. The maximum atomic E-state index is 11.8. The van der Waals surface area contributed by atoms with Gasteiger partial charge in [-0.2, -0.15) is 0 Å². The van der Waals surface area contributed by atoms with Crippen molar-refractivity contribution in [2.45, 2.75) is 26.3 Å². The third-order valence-corrected chi connectivity index (χ3v) is 2.73. The van der Waals surface area contributed by atoms with Gasteiger partial charge >= 0.3 is 0 Å². The van der Waals surface area contributed by atoms with Gasteiger partial charge in [0.15, 0.2) is 5.13 Å². The van der Waals surface area contributed by atoms with Gasteiger partial charge in [-0.3, -0.25) is 4.79 Å². The molecular weight excluding hydrogens is 198 g/mol. The Balaban J connectivity index is 2.86. The molecule has 1 rings (SSSR count). The molecule has 1 amide bonds. The Bertz CT molecular complexity index is 340. The smallest absolute Gasteiger partial charge is 0.273 e. The van der Waals surface area contributed by atoms with Crippen molar-refractivity contribution in [1.29, 1.82) is 0 Å². The highest BCUT2D eigenvalue weighted by atomic mass is 32.1. The van der Waals surface area contributed by atoms with E-state index >= 15 is 0 Å². The molecule has 0 spiro atoms. The number of anilines is 1. The highest BCUT2D eigenvalue weighted by molar-refractivity contribution is 7.13. The second kappa shape index (κ2) is 3.57. The molecule has 0 radical (unpaired) electrons. The molecule has 5 heteroatoms. The van der Waals surface area contributed by atoms with Gasteiger partial charge in [-0.1, -0.05) is 0 Å². The Kier molecular flexibility index (Phi) is 2.80. The van der Waals surface area contributed by atoms with Crippen LogP contribution in [-0.4, -0.2) is 28.4 Å². The lowest BCUT2D eigenvalue weighted by Crippen LogP contribution is -2.42. The van der Waals surface area contributed by atoms with Gasteiger partial charge in [0.1, 0.15) is 5.69 Å². The Morgan fingerprint density at radius 1 is 1.57 bits per heavy atom. The summed E-state index contributed by atoms with van der Waals surface area (Å²) in [5.74, 6) is -0.0922. The van der Waals surface area contributed by atoms with E-state index in [1.807, 2.05) is 20.8 Å². The monoisotopic (exact) mass is 213 g/mol. The van der Waals surface area contributed by atoms with Crippen molar-refractivity contribution in [2.24, 2.45) is 0 Å². The van der Waals surface area contributed by atoms with E-state index in [1.54, 1.807) is 17.3 Å². The fourth-order valence-electron chi connectivity index (χ4n) is 0.862. The van der Waals surface area contributed by atoms with E-state index in [2.05, 4.69) is 4.98 Å². The van der Waals surface area contributed by atoms with Crippen molar-refractivity contribution < 1.29 is 4.79 Å². The topological polar surface area (TPSA) is 59.2 Å². The van der Waals surface area contributed by atoms with E-state index < -0.39 is 0 Å². The molecule has 0 saturated heterocycles. The summed E-state index contributed by atoms with van der Waals surface area (Å²) in [4.78, 5) is 17.4. The van der Waals surface area contributed by atoms with Crippen molar-refractivity contribution in [3.8, 4) is 0 Å². The van der Waals surface area contributed by atoms with Crippen LogP contribution in [0.25, 0.3) is 0 Å². The highest BCUT2D eigenvalue weighted by Gasteiger charge is 2.24. The second-order valence-electron chi connectivity index (χ2n) is 4.11. The van der Waals surface area contributed by atoms with Crippen molar-refractivity contribution in [3.63, 3.8) is 0 Å². The number of hydrogen-bond donors (Lipinski definition) is 1. The average molecular weight is 213 g/mol. The molecule has 2 N–H and O–H groups in total. The number of carbonyl (C=O) groups is 1. The molecule has 14 heavy (non-hydrogen) atoms. The molecule has 0 atom stereocenters. The van der Waals surface area contributed by atoms with E-state index in [1.165, 1.54) is 11.3 Å². The minimum atomic E-state index is -0.199. The van der Waals surface area contributed by atoms with Crippen LogP contribution in [0.1, 0.15) is 31.3 Å². The molecule has 0 aliphatic rings. The standard InChI is InChI=1S/C9H15N3OS/c1-9(2,3)12(4)7(13)6-5-14-8(10)11-6/h5H,1-4H3,(H2,10,11). The van der Waals surface area contributed by atoms with Crippen LogP contribution >= 0.6 is 11.3 Å². The minimum absolute atomic E-state index is 0.0922. The number of aromatic nitrogens is 1. The lowest BCUT2D eigenvalue weighted by molar-refractivity contribution is 0.0650. The number of hydrogen-bond acceptors (Lipinski definition) is 4. The van der Waals surface area contributed by atoms with Crippen molar-refractivity contribution in [2.75, 3.05) is 12.8 Å². The number of nitrogens with two attached hydrogens (primary N) is 1. The van der Waals surface area contributed by atoms with Crippen molar-refractivity contribution in [1.82, 2.24) is 9.88 Å². The van der Waals surface area contributed by atoms with Gasteiger partial charge < -0.3 is 10.6 Å². The maximum Gasteiger partial charge on any atom is 0.273 e. The van der Waals surface area contributed by atoms with Gasteiger partial charge in [0, 0.05) is 18.0 Å². The molecular formula is C9H15N3OS. The molecule has 0 bridgehead atoms. The molecule has 0 aliphatic carbocycles. The summed E-state index contributed by atoms with van der Waals surface area (Å²) in [5.41, 5.74) is 5.68. The van der Waals surface area contributed by atoms with Crippen LogP contribution in [0.5, 0.6) is 0 Å². The van der Waals surface area contributed by atoms with E-state index in [0.29, 0.717) is 10.8 Å². The summed E-state index contributed by atoms with van der Waals surface area (Å²) < 4.78 is 0. The molecule has 0 unspecified atom stereocenters. The van der Waals surface area contributed by atoms with Crippen LogP contribution in [-0.2, 0) is 0 Å². The number of carbonyl (C=O) groups excluding carboxylic acids is 1. The Morgan fingerprint density at radius 3 is 2.50 bits per heavy atom. The quantitative estimate of drug-likeness (QED) is 0.770. The first-order valence-corrected chi connectivity index (χ1v) is 5.19. The molecule has 78 valence electrons. The van der Waals surface area contributed by atoms with Crippen LogP contribution in [0.4, 0.5) is 5.13 Å². The zero-order valence-electron chi connectivity index (χ0n) is 8.87. The summed E-state index contributed by atoms with van der Waals surface area (Å²) in [7, 11) is 1.76. The first kappa shape index (κ1) is 11.0. The molecule has 4 nitrogen and oxygen atoms in total. The van der Waals surface area contributed by atoms with Gasteiger partial charge in [0.25, 0.3) is 5.91 Å². The molecule has 1 heterocycles. The maximum absolute atomic E-state index is 11.8. The Hall–Kier alpha value is -1.10. The van der Waals surface area contributed by atoms with Gasteiger partial charge in [0.2, 0.25) is 0 Å². The number of rotatable bonds is 1. The third kappa shape index (κ3) is 2.23. The molecule has 1 aromatic heterocycles. The molecule has 1 aromatic rings. The Labute approximate surface area is 87.7 Å². The van der Waals surface area contributed by atoms with E-state index in [0.717, 1.165) is 0 Å². The van der Waals surface area contributed by atoms with Crippen molar-refractivity contribution in [3.05, 3.63) is 11.1 Å². The molecule has 0 saturated carbocycles. The zero-order chi connectivity index (χ0) is 10.9. The van der Waals surface area contributed by atoms with Crippen LogP contribution in [0.2, 0.25) is 0 Å². The van der Waals surface area contributed by atoms with Crippen LogP contribution < -0.4 is 5.73 Å². The van der Waals surface area contributed by atoms with E-state index in [9.17, 15) is 4.79 Å². The van der Waals surface area contributed by atoms with Gasteiger partial charge in [0.05, 0.1) is 0 Å². The average Bonchev–Trinajstić information content (AvgIpc) is 2.47. The summed E-state index contributed by atoms with van der Waals surface area (Å²) in [6, 6.07) is 0. The number of thiazole rings is 1. The summed E-state index contributed by atoms with van der Waals surface area (Å²) in [6.07, 6.45) is 0. The first-order valence-electron chi connectivity index (χ1n) is 4.31. The lowest BCUT2D eigenvalue weighted by atomic mass is 10.1.